The van der Waals surface area contributed by atoms with Gasteiger partial charge in [0.2, 0.25) is 0 Å². The molecule has 0 spiro atoms. The SMILES string of the molecule is C1=CCC2Nc3ccccc3SC2=C1.[PbH2]. The van der Waals surface area contributed by atoms with E-state index in [1.54, 1.807) is 0 Å². The minimum atomic E-state index is 0. The molecule has 2 radical (unpaired) electrons. The number of para-hydroxylation sites is 1. The van der Waals surface area contributed by atoms with Crippen LogP contribution in [0.15, 0.2) is 52.3 Å². The molecule has 1 aliphatic carbocycles. The van der Waals surface area contributed by atoms with Crippen LogP contribution in [0.2, 0.25) is 0 Å². The van der Waals surface area contributed by atoms with Crippen molar-refractivity contribution in [2.45, 2.75) is 17.4 Å². The van der Waals surface area contributed by atoms with Gasteiger partial charge in [-0.2, -0.15) is 0 Å². The van der Waals surface area contributed by atoms with Gasteiger partial charge in [-0.1, -0.05) is 42.1 Å². The summed E-state index contributed by atoms with van der Waals surface area (Å²) in [6.07, 6.45) is 7.68. The van der Waals surface area contributed by atoms with Crippen LogP contribution in [0.25, 0.3) is 0 Å². The van der Waals surface area contributed by atoms with Crippen LogP contribution < -0.4 is 5.32 Å². The van der Waals surface area contributed by atoms with Gasteiger partial charge in [-0.3, -0.25) is 0 Å². The number of hydrogen-bond acceptors (Lipinski definition) is 2. The molecule has 1 nitrogen and oxygen atoms in total. The average Bonchev–Trinajstić information content (AvgIpc) is 2.26. The van der Waals surface area contributed by atoms with Crippen molar-refractivity contribution < 1.29 is 0 Å². The van der Waals surface area contributed by atoms with Crippen LogP contribution in [-0.4, -0.2) is 33.3 Å². The molecule has 0 fully saturated rings. The van der Waals surface area contributed by atoms with Crippen molar-refractivity contribution in [1.29, 1.82) is 0 Å². The fourth-order valence-electron chi connectivity index (χ4n) is 1.83. The van der Waals surface area contributed by atoms with Gasteiger partial charge in [-0.05, 0) is 18.6 Å². The topological polar surface area (TPSA) is 12.0 Å². The molecule has 0 saturated heterocycles. The van der Waals surface area contributed by atoms with Gasteiger partial charge in [0, 0.05) is 15.5 Å². The van der Waals surface area contributed by atoms with Gasteiger partial charge in [0.05, 0.1) is 6.04 Å². The second kappa shape index (κ2) is 4.74. The summed E-state index contributed by atoms with van der Waals surface area (Å²) in [5, 5.41) is 3.56. The Labute approximate surface area is 114 Å². The maximum atomic E-state index is 3.56. The van der Waals surface area contributed by atoms with E-state index in [9.17, 15) is 0 Å². The number of anilines is 1. The number of thioether (sulfide) groups is 1. The van der Waals surface area contributed by atoms with E-state index in [0.717, 1.165) is 6.42 Å². The molecular formula is C12H13NPbS. The number of rotatable bonds is 0. The third-order valence-electron chi connectivity index (χ3n) is 2.56. The van der Waals surface area contributed by atoms with Crippen molar-refractivity contribution in [2.75, 3.05) is 5.32 Å². The minimum absolute atomic E-state index is 0. The summed E-state index contributed by atoms with van der Waals surface area (Å²) in [6.45, 7) is 0. The van der Waals surface area contributed by atoms with E-state index in [0.29, 0.717) is 6.04 Å². The number of hydrogen-bond donors (Lipinski definition) is 1. The van der Waals surface area contributed by atoms with E-state index in [1.165, 1.54) is 15.5 Å². The van der Waals surface area contributed by atoms with Crippen LogP contribution >= 0.6 is 11.8 Å². The van der Waals surface area contributed by atoms with Crippen LogP contribution in [0.5, 0.6) is 0 Å². The molecule has 15 heavy (non-hydrogen) atoms. The number of fused-ring (bicyclic) bond motifs is 2. The summed E-state index contributed by atoms with van der Waals surface area (Å²) in [6, 6.07) is 8.99. The summed E-state index contributed by atoms with van der Waals surface area (Å²) < 4.78 is 0. The molecule has 1 heterocycles. The first-order valence-corrected chi connectivity index (χ1v) is 5.65. The fraction of sp³-hybridized carbons (Fsp3) is 0.167. The first kappa shape index (κ1) is 11.3. The Kier molecular flexibility index (Phi) is 3.56. The Bertz CT molecular complexity index is 425. The molecule has 1 aromatic rings. The number of nitrogens with one attached hydrogen (secondary N) is 1. The van der Waals surface area contributed by atoms with Crippen molar-refractivity contribution in [3.8, 4) is 0 Å². The monoisotopic (exact) mass is 411 g/mol. The number of allylic oxidation sites excluding steroid dienone is 2. The molecule has 0 bridgehead atoms. The van der Waals surface area contributed by atoms with E-state index in [4.69, 9.17) is 0 Å². The average molecular weight is 411 g/mol. The third-order valence-corrected chi connectivity index (χ3v) is 3.79. The van der Waals surface area contributed by atoms with Crippen molar-refractivity contribution in [3.05, 3.63) is 47.4 Å². The van der Waals surface area contributed by atoms with Gasteiger partial charge in [0.25, 0.3) is 0 Å². The molecule has 0 amide bonds. The van der Waals surface area contributed by atoms with Crippen molar-refractivity contribution in [2.24, 2.45) is 0 Å². The molecule has 3 heteroatoms. The fourth-order valence-corrected chi connectivity index (χ4v) is 2.92. The molecule has 1 aliphatic heterocycles. The molecule has 0 saturated carbocycles. The van der Waals surface area contributed by atoms with Gasteiger partial charge in [-0.25, -0.2) is 0 Å². The Morgan fingerprint density at radius 3 is 3.07 bits per heavy atom. The zero-order chi connectivity index (χ0) is 9.38. The Morgan fingerprint density at radius 1 is 1.27 bits per heavy atom. The molecule has 1 unspecified atom stereocenters. The van der Waals surface area contributed by atoms with Gasteiger partial charge in [0.15, 0.2) is 0 Å². The van der Waals surface area contributed by atoms with Gasteiger partial charge >= 0.3 is 27.3 Å². The summed E-state index contributed by atoms with van der Waals surface area (Å²) in [5.41, 5.74) is 1.27. The third kappa shape index (κ3) is 2.15. The summed E-state index contributed by atoms with van der Waals surface area (Å²) in [7, 11) is 0. The van der Waals surface area contributed by atoms with E-state index >= 15 is 0 Å². The first-order valence-electron chi connectivity index (χ1n) is 4.83. The summed E-state index contributed by atoms with van der Waals surface area (Å²) in [4.78, 5) is 2.77. The summed E-state index contributed by atoms with van der Waals surface area (Å²) >= 11 is 1.89. The van der Waals surface area contributed by atoms with Gasteiger partial charge < -0.3 is 5.32 Å². The summed E-state index contributed by atoms with van der Waals surface area (Å²) in [5.74, 6) is 0. The molecule has 1 N–H and O–H groups in total. The zero-order valence-corrected chi connectivity index (χ0v) is 14.8. The van der Waals surface area contributed by atoms with Crippen LogP contribution in [-0.2, 0) is 0 Å². The Hall–Kier alpha value is -0.228. The van der Waals surface area contributed by atoms with Crippen LogP contribution in [0.3, 0.4) is 0 Å². The Morgan fingerprint density at radius 2 is 2.13 bits per heavy atom. The van der Waals surface area contributed by atoms with Crippen molar-refractivity contribution >= 4 is 44.7 Å². The standard InChI is InChI=1S/C12H11NS.Pb.2H/c1-3-7-11-9(5-1)13-10-6-2-4-8-12(10)14-11;;;/h1-5,7-8,10,13H,6H2;;;. The molecule has 1 atom stereocenters. The van der Waals surface area contributed by atoms with E-state index in [-0.39, 0.29) is 27.3 Å². The normalized spacial score (nSPS) is 21.6. The van der Waals surface area contributed by atoms with E-state index in [2.05, 4.69) is 47.8 Å². The quantitative estimate of drug-likeness (QED) is 0.660. The molecule has 0 aromatic heterocycles. The van der Waals surface area contributed by atoms with Crippen LogP contribution in [0.4, 0.5) is 5.69 Å². The second-order valence-corrected chi connectivity index (χ2v) is 4.64. The van der Waals surface area contributed by atoms with Gasteiger partial charge in [-0.15, -0.1) is 0 Å². The van der Waals surface area contributed by atoms with E-state index < -0.39 is 0 Å². The first-order chi connectivity index (χ1) is 6.93. The van der Waals surface area contributed by atoms with Crippen molar-refractivity contribution in [3.63, 3.8) is 0 Å². The van der Waals surface area contributed by atoms with E-state index in [1.807, 2.05) is 11.8 Å². The van der Waals surface area contributed by atoms with Gasteiger partial charge in [0.1, 0.15) is 0 Å². The Balaban J connectivity index is 0.000000853. The molecule has 1 aromatic carbocycles. The second-order valence-electron chi connectivity index (χ2n) is 3.53. The number of benzene rings is 1. The molecular weight excluding hydrogens is 397 g/mol. The molecule has 76 valence electrons. The van der Waals surface area contributed by atoms with Crippen LogP contribution in [0.1, 0.15) is 6.42 Å². The predicted molar refractivity (Wildman–Crippen MR) is 70.1 cm³/mol. The van der Waals surface area contributed by atoms with Crippen LogP contribution in [0, 0.1) is 0 Å². The predicted octanol–water partition coefficient (Wildman–Crippen LogP) is 2.50. The zero-order valence-electron chi connectivity index (χ0n) is 8.44. The molecule has 3 rings (SSSR count). The van der Waals surface area contributed by atoms with Crippen molar-refractivity contribution in [1.82, 2.24) is 0 Å². The molecule has 2 aliphatic rings. The maximum absolute atomic E-state index is 3.56.